The Bertz CT molecular complexity index is 463. The summed E-state index contributed by atoms with van der Waals surface area (Å²) in [6, 6.07) is 4.64. The predicted molar refractivity (Wildman–Crippen MR) is 78.2 cm³/mol. The maximum Gasteiger partial charge on any atom is 0.254 e. The standard InChI is InChI=1S/C15H19BrFNO/c1-11-9-12(17)6-7-14(11)15(19)18-8-4-2-3-5-13(18)10-16/h6-7,9,13H,2-5,8,10H2,1H3. The first-order valence-electron chi connectivity index (χ1n) is 6.76. The highest BCUT2D eigenvalue weighted by atomic mass is 79.9. The van der Waals surface area contributed by atoms with Gasteiger partial charge >= 0.3 is 0 Å². The van der Waals surface area contributed by atoms with Crippen molar-refractivity contribution in [2.24, 2.45) is 0 Å². The van der Waals surface area contributed by atoms with Crippen LogP contribution >= 0.6 is 15.9 Å². The number of hydrogen-bond acceptors (Lipinski definition) is 1. The van der Waals surface area contributed by atoms with Crippen LogP contribution in [0.1, 0.15) is 41.6 Å². The Hall–Kier alpha value is -0.900. The second kappa shape index (κ2) is 6.51. The maximum absolute atomic E-state index is 13.1. The second-order valence-electron chi connectivity index (χ2n) is 5.12. The molecular weight excluding hydrogens is 309 g/mol. The molecule has 0 radical (unpaired) electrons. The smallest absolute Gasteiger partial charge is 0.254 e. The number of carbonyl (C=O) groups excluding carboxylic acids is 1. The Morgan fingerprint density at radius 1 is 1.42 bits per heavy atom. The van der Waals surface area contributed by atoms with Crippen molar-refractivity contribution in [2.45, 2.75) is 38.6 Å². The van der Waals surface area contributed by atoms with Gasteiger partial charge < -0.3 is 4.90 Å². The van der Waals surface area contributed by atoms with Crippen LogP contribution in [0, 0.1) is 12.7 Å². The van der Waals surface area contributed by atoms with E-state index >= 15 is 0 Å². The van der Waals surface area contributed by atoms with Gasteiger partial charge in [-0.1, -0.05) is 28.8 Å². The third-order valence-corrected chi connectivity index (χ3v) is 4.48. The number of carbonyl (C=O) groups is 1. The van der Waals surface area contributed by atoms with Crippen LogP contribution in [-0.4, -0.2) is 28.7 Å². The molecule has 1 amide bonds. The van der Waals surface area contributed by atoms with Gasteiger partial charge in [0.2, 0.25) is 0 Å². The van der Waals surface area contributed by atoms with Gasteiger partial charge in [0.15, 0.2) is 0 Å². The summed E-state index contributed by atoms with van der Waals surface area (Å²) in [6.45, 7) is 2.59. The van der Waals surface area contributed by atoms with Crippen LogP contribution in [0.15, 0.2) is 18.2 Å². The molecule has 0 N–H and O–H groups in total. The zero-order valence-corrected chi connectivity index (χ0v) is 12.7. The highest BCUT2D eigenvalue weighted by Crippen LogP contribution is 2.22. The van der Waals surface area contributed by atoms with Crippen LogP contribution in [0.2, 0.25) is 0 Å². The zero-order valence-electron chi connectivity index (χ0n) is 11.2. The van der Waals surface area contributed by atoms with Crippen LogP contribution in [0.25, 0.3) is 0 Å². The average molecular weight is 328 g/mol. The monoisotopic (exact) mass is 327 g/mol. The molecule has 1 aliphatic heterocycles. The van der Waals surface area contributed by atoms with E-state index in [2.05, 4.69) is 15.9 Å². The van der Waals surface area contributed by atoms with Crippen LogP contribution in [0.3, 0.4) is 0 Å². The summed E-state index contributed by atoms with van der Waals surface area (Å²) in [7, 11) is 0. The molecule has 0 aliphatic carbocycles. The van der Waals surface area contributed by atoms with Gasteiger partial charge in [-0.05, 0) is 43.5 Å². The highest BCUT2D eigenvalue weighted by molar-refractivity contribution is 9.09. The highest BCUT2D eigenvalue weighted by Gasteiger charge is 2.26. The Balaban J connectivity index is 2.25. The Morgan fingerprint density at radius 3 is 2.89 bits per heavy atom. The van der Waals surface area contributed by atoms with E-state index in [9.17, 15) is 9.18 Å². The van der Waals surface area contributed by atoms with Crippen molar-refractivity contribution in [3.63, 3.8) is 0 Å². The molecule has 104 valence electrons. The number of aryl methyl sites for hydroxylation is 1. The summed E-state index contributed by atoms with van der Waals surface area (Å²) >= 11 is 3.50. The zero-order chi connectivity index (χ0) is 13.8. The Labute approximate surface area is 122 Å². The topological polar surface area (TPSA) is 20.3 Å². The minimum Gasteiger partial charge on any atom is -0.335 e. The van der Waals surface area contributed by atoms with E-state index in [4.69, 9.17) is 0 Å². The number of nitrogens with zero attached hydrogens (tertiary/aromatic N) is 1. The van der Waals surface area contributed by atoms with Gasteiger partial charge in [-0.25, -0.2) is 4.39 Å². The summed E-state index contributed by atoms with van der Waals surface area (Å²) in [4.78, 5) is 14.6. The fraction of sp³-hybridized carbons (Fsp3) is 0.533. The molecule has 0 bridgehead atoms. The fourth-order valence-corrected chi connectivity index (χ4v) is 3.30. The average Bonchev–Trinajstić information content (AvgIpc) is 2.63. The van der Waals surface area contributed by atoms with Gasteiger partial charge in [0.05, 0.1) is 0 Å². The number of halogens is 2. The fourth-order valence-electron chi connectivity index (χ4n) is 2.63. The van der Waals surface area contributed by atoms with E-state index in [1.54, 1.807) is 13.0 Å². The third-order valence-electron chi connectivity index (χ3n) is 3.73. The molecule has 1 heterocycles. The molecule has 0 spiro atoms. The van der Waals surface area contributed by atoms with Crippen LogP contribution in [-0.2, 0) is 0 Å². The molecule has 2 nitrogen and oxygen atoms in total. The summed E-state index contributed by atoms with van der Waals surface area (Å²) in [6.07, 6.45) is 4.44. The third kappa shape index (κ3) is 3.35. The van der Waals surface area contributed by atoms with Gasteiger partial charge in [0.1, 0.15) is 5.82 Å². The van der Waals surface area contributed by atoms with E-state index in [1.807, 2.05) is 4.90 Å². The van der Waals surface area contributed by atoms with Crippen molar-refractivity contribution in [1.82, 2.24) is 4.90 Å². The summed E-state index contributed by atoms with van der Waals surface area (Å²) < 4.78 is 13.1. The number of hydrogen-bond donors (Lipinski definition) is 0. The Kier molecular flexibility index (Phi) is 4.97. The number of benzene rings is 1. The van der Waals surface area contributed by atoms with Crippen molar-refractivity contribution < 1.29 is 9.18 Å². The van der Waals surface area contributed by atoms with Gasteiger partial charge in [-0.3, -0.25) is 4.79 Å². The molecule has 2 rings (SSSR count). The minimum atomic E-state index is -0.290. The normalized spacial score (nSPS) is 20.2. The lowest BCUT2D eigenvalue weighted by atomic mass is 10.1. The lowest BCUT2D eigenvalue weighted by molar-refractivity contribution is 0.0701. The summed E-state index contributed by atoms with van der Waals surface area (Å²) in [5, 5.41) is 0.805. The van der Waals surface area contributed by atoms with Crippen molar-refractivity contribution in [2.75, 3.05) is 11.9 Å². The summed E-state index contributed by atoms with van der Waals surface area (Å²) in [5.41, 5.74) is 1.33. The number of likely N-dealkylation sites (tertiary alicyclic amines) is 1. The van der Waals surface area contributed by atoms with Crippen LogP contribution in [0.5, 0.6) is 0 Å². The number of alkyl halides is 1. The molecule has 1 saturated heterocycles. The first kappa shape index (κ1) is 14.5. The van der Waals surface area contributed by atoms with Crippen LogP contribution < -0.4 is 0 Å². The van der Waals surface area contributed by atoms with E-state index < -0.39 is 0 Å². The van der Waals surface area contributed by atoms with Crippen LogP contribution in [0.4, 0.5) is 4.39 Å². The van der Waals surface area contributed by atoms with Gasteiger partial charge in [0, 0.05) is 23.5 Å². The van der Waals surface area contributed by atoms with Gasteiger partial charge in [0.25, 0.3) is 5.91 Å². The van der Waals surface area contributed by atoms with Gasteiger partial charge in [-0.2, -0.15) is 0 Å². The van der Waals surface area contributed by atoms with Crippen molar-refractivity contribution in [3.8, 4) is 0 Å². The van der Waals surface area contributed by atoms with E-state index in [0.29, 0.717) is 11.1 Å². The molecule has 1 fully saturated rings. The van der Waals surface area contributed by atoms with Crippen molar-refractivity contribution >= 4 is 21.8 Å². The first-order chi connectivity index (χ1) is 9.13. The SMILES string of the molecule is Cc1cc(F)ccc1C(=O)N1CCCCCC1CBr. The summed E-state index contributed by atoms with van der Waals surface area (Å²) in [5.74, 6) is -0.259. The molecule has 1 aromatic rings. The van der Waals surface area contributed by atoms with E-state index in [-0.39, 0.29) is 17.8 Å². The minimum absolute atomic E-state index is 0.0313. The molecular formula is C15H19BrFNO. The molecule has 1 unspecified atom stereocenters. The lowest BCUT2D eigenvalue weighted by Gasteiger charge is -2.29. The van der Waals surface area contributed by atoms with E-state index in [1.165, 1.54) is 25.0 Å². The number of rotatable bonds is 2. The molecule has 0 saturated carbocycles. The largest absolute Gasteiger partial charge is 0.335 e. The molecule has 1 atom stereocenters. The second-order valence-corrected chi connectivity index (χ2v) is 5.76. The maximum atomic E-state index is 13.1. The predicted octanol–water partition coefficient (Wildman–Crippen LogP) is 3.91. The quantitative estimate of drug-likeness (QED) is 0.754. The Morgan fingerprint density at radius 2 is 2.21 bits per heavy atom. The molecule has 0 aromatic heterocycles. The lowest BCUT2D eigenvalue weighted by Crippen LogP contribution is -2.41. The first-order valence-corrected chi connectivity index (χ1v) is 7.88. The molecule has 19 heavy (non-hydrogen) atoms. The van der Waals surface area contributed by atoms with E-state index in [0.717, 1.165) is 24.7 Å². The molecule has 1 aromatic carbocycles. The molecule has 4 heteroatoms. The molecule has 1 aliphatic rings. The van der Waals surface area contributed by atoms with Crippen molar-refractivity contribution in [3.05, 3.63) is 35.1 Å². The number of amides is 1. The van der Waals surface area contributed by atoms with Gasteiger partial charge in [-0.15, -0.1) is 0 Å². The van der Waals surface area contributed by atoms with Crippen molar-refractivity contribution in [1.29, 1.82) is 0 Å².